The molecule has 0 bridgehead atoms. The number of guanidine groups is 1. The first-order valence-electron chi connectivity index (χ1n) is 5.82. The Morgan fingerprint density at radius 1 is 1.35 bits per heavy atom. The predicted molar refractivity (Wildman–Crippen MR) is 75.9 cm³/mol. The molecule has 0 aliphatic rings. The number of nitrogens with two attached hydrogens (primary N) is 2. The second kappa shape index (κ2) is 6.02. The van der Waals surface area contributed by atoms with Gasteiger partial charge in [0.25, 0.3) is 16.0 Å². The highest BCUT2D eigenvalue weighted by Gasteiger charge is 2.16. The van der Waals surface area contributed by atoms with Crippen LogP contribution in [0.5, 0.6) is 0 Å². The van der Waals surface area contributed by atoms with Crippen LogP contribution in [0.1, 0.15) is 41.3 Å². The molecule has 110 valence electrons. The van der Waals surface area contributed by atoms with Crippen LogP contribution in [0.15, 0.2) is 23.2 Å². The van der Waals surface area contributed by atoms with Crippen LogP contribution < -0.4 is 11.5 Å². The van der Waals surface area contributed by atoms with E-state index in [1.54, 1.807) is 6.07 Å². The number of hydrogen-bond acceptors (Lipinski definition) is 3. The third-order valence-electron chi connectivity index (χ3n) is 2.58. The first kappa shape index (κ1) is 16.1. The van der Waals surface area contributed by atoms with E-state index in [4.69, 9.17) is 16.0 Å². The molecule has 20 heavy (non-hydrogen) atoms. The van der Waals surface area contributed by atoms with Crippen LogP contribution in [0.4, 0.5) is 0 Å². The Morgan fingerprint density at radius 2 is 1.95 bits per heavy atom. The molecule has 7 nitrogen and oxygen atoms in total. The van der Waals surface area contributed by atoms with Crippen molar-refractivity contribution in [1.29, 1.82) is 0 Å². The van der Waals surface area contributed by atoms with Crippen molar-refractivity contribution in [3.63, 3.8) is 0 Å². The SMILES string of the molecule is CC(C)c1ccc(C(=O)N=C(N)N)cc1CS(=O)(=O)O. The van der Waals surface area contributed by atoms with E-state index in [0.29, 0.717) is 5.56 Å². The lowest BCUT2D eigenvalue weighted by atomic mass is 9.96. The molecular formula is C12H17N3O4S. The van der Waals surface area contributed by atoms with Crippen LogP contribution >= 0.6 is 0 Å². The van der Waals surface area contributed by atoms with Gasteiger partial charge in [0, 0.05) is 5.56 Å². The van der Waals surface area contributed by atoms with Gasteiger partial charge >= 0.3 is 0 Å². The Balaban J connectivity index is 3.30. The van der Waals surface area contributed by atoms with Crippen molar-refractivity contribution in [2.75, 3.05) is 0 Å². The van der Waals surface area contributed by atoms with Gasteiger partial charge in [0.1, 0.15) is 5.75 Å². The maximum Gasteiger partial charge on any atom is 0.280 e. The van der Waals surface area contributed by atoms with Crippen molar-refractivity contribution in [1.82, 2.24) is 0 Å². The summed E-state index contributed by atoms with van der Waals surface area (Å²) in [6.07, 6.45) is 0. The van der Waals surface area contributed by atoms with Crippen molar-refractivity contribution in [2.24, 2.45) is 16.5 Å². The van der Waals surface area contributed by atoms with Crippen molar-refractivity contribution < 1.29 is 17.8 Å². The highest BCUT2D eigenvalue weighted by molar-refractivity contribution is 7.85. The molecule has 0 aliphatic carbocycles. The van der Waals surface area contributed by atoms with Crippen LogP contribution in [0.3, 0.4) is 0 Å². The van der Waals surface area contributed by atoms with Gasteiger partial charge in [0.05, 0.1) is 0 Å². The molecule has 0 atom stereocenters. The van der Waals surface area contributed by atoms with Gasteiger partial charge < -0.3 is 11.5 Å². The van der Waals surface area contributed by atoms with Crippen LogP contribution in [0, 0.1) is 0 Å². The van der Waals surface area contributed by atoms with Crippen LogP contribution in [0.25, 0.3) is 0 Å². The quantitative estimate of drug-likeness (QED) is 0.423. The minimum atomic E-state index is -4.20. The molecule has 0 radical (unpaired) electrons. The van der Waals surface area contributed by atoms with Crippen molar-refractivity contribution in [3.8, 4) is 0 Å². The number of carbonyl (C=O) groups excluding carboxylic acids is 1. The third-order valence-corrected chi connectivity index (χ3v) is 3.26. The summed E-state index contributed by atoms with van der Waals surface area (Å²) in [7, 11) is -4.20. The molecule has 8 heteroatoms. The van der Waals surface area contributed by atoms with Crippen LogP contribution in [-0.2, 0) is 15.9 Å². The van der Waals surface area contributed by atoms with Crippen molar-refractivity contribution >= 4 is 22.0 Å². The third kappa shape index (κ3) is 4.63. The Bertz CT molecular complexity index is 647. The molecular weight excluding hydrogens is 282 g/mol. The number of aliphatic imine (C=N–C) groups is 1. The van der Waals surface area contributed by atoms with E-state index in [0.717, 1.165) is 5.56 Å². The average Bonchev–Trinajstić information content (AvgIpc) is 2.25. The zero-order valence-electron chi connectivity index (χ0n) is 11.2. The van der Waals surface area contributed by atoms with Crippen LogP contribution in [-0.4, -0.2) is 24.8 Å². The molecule has 0 aromatic heterocycles. The lowest BCUT2D eigenvalue weighted by Crippen LogP contribution is -2.24. The maximum atomic E-state index is 11.7. The molecule has 1 aromatic carbocycles. The molecule has 0 saturated heterocycles. The van der Waals surface area contributed by atoms with E-state index in [1.807, 2.05) is 13.8 Å². The van der Waals surface area contributed by atoms with E-state index in [9.17, 15) is 13.2 Å². The fourth-order valence-electron chi connectivity index (χ4n) is 1.81. The van der Waals surface area contributed by atoms with Gasteiger partial charge in [-0.25, -0.2) is 0 Å². The van der Waals surface area contributed by atoms with Gasteiger partial charge in [-0.1, -0.05) is 19.9 Å². The fourth-order valence-corrected chi connectivity index (χ4v) is 2.45. The van der Waals surface area contributed by atoms with E-state index in [-0.39, 0.29) is 17.4 Å². The minimum Gasteiger partial charge on any atom is -0.370 e. The highest BCUT2D eigenvalue weighted by Crippen LogP contribution is 2.23. The summed E-state index contributed by atoms with van der Waals surface area (Å²) in [5.74, 6) is -1.57. The fraction of sp³-hybridized carbons (Fsp3) is 0.333. The largest absolute Gasteiger partial charge is 0.370 e. The Labute approximate surface area is 117 Å². The molecule has 0 spiro atoms. The number of hydrogen-bond donors (Lipinski definition) is 3. The number of rotatable bonds is 4. The Morgan fingerprint density at radius 3 is 2.40 bits per heavy atom. The lowest BCUT2D eigenvalue weighted by Gasteiger charge is -2.12. The zero-order chi connectivity index (χ0) is 15.5. The molecule has 0 saturated carbocycles. The molecule has 0 heterocycles. The van der Waals surface area contributed by atoms with Crippen molar-refractivity contribution in [3.05, 3.63) is 34.9 Å². The number of nitrogens with zero attached hydrogens (tertiary/aromatic N) is 1. The van der Waals surface area contributed by atoms with Gasteiger partial charge in [-0.3, -0.25) is 9.35 Å². The molecule has 1 amide bonds. The summed E-state index contributed by atoms with van der Waals surface area (Å²) >= 11 is 0. The summed E-state index contributed by atoms with van der Waals surface area (Å²) in [5, 5.41) is 0. The predicted octanol–water partition coefficient (Wildman–Crippen LogP) is 0.611. The summed E-state index contributed by atoms with van der Waals surface area (Å²) < 4.78 is 31.0. The van der Waals surface area contributed by atoms with E-state index < -0.39 is 21.8 Å². The smallest absolute Gasteiger partial charge is 0.280 e. The summed E-state index contributed by atoms with van der Waals surface area (Å²) in [5.41, 5.74) is 11.5. The van der Waals surface area contributed by atoms with Gasteiger partial charge in [-0.05, 0) is 29.2 Å². The summed E-state index contributed by atoms with van der Waals surface area (Å²) in [4.78, 5) is 15.1. The van der Waals surface area contributed by atoms with E-state index in [1.165, 1.54) is 12.1 Å². The minimum absolute atomic E-state index is 0.0407. The normalized spacial score (nSPS) is 11.4. The van der Waals surface area contributed by atoms with Crippen LogP contribution in [0.2, 0.25) is 0 Å². The van der Waals surface area contributed by atoms with E-state index in [2.05, 4.69) is 4.99 Å². The molecule has 5 N–H and O–H groups in total. The number of amides is 1. The molecule has 1 rings (SSSR count). The topological polar surface area (TPSA) is 136 Å². The Hall–Kier alpha value is -1.93. The van der Waals surface area contributed by atoms with Gasteiger partial charge in [-0.15, -0.1) is 0 Å². The zero-order valence-corrected chi connectivity index (χ0v) is 12.0. The lowest BCUT2D eigenvalue weighted by molar-refractivity contribution is 0.100. The molecule has 0 fully saturated rings. The average molecular weight is 299 g/mol. The maximum absolute atomic E-state index is 11.7. The summed E-state index contributed by atoms with van der Waals surface area (Å²) in [6.45, 7) is 3.75. The second-order valence-electron chi connectivity index (χ2n) is 4.64. The molecule has 1 aromatic rings. The van der Waals surface area contributed by atoms with Gasteiger partial charge in [-0.2, -0.15) is 13.4 Å². The standard InChI is InChI=1S/C12H17N3O4S/c1-7(2)10-4-3-8(11(16)15-12(13)14)5-9(10)6-20(17,18)19/h3-5,7H,6H2,1-2H3,(H,17,18,19)(H4,13,14,15,16). The highest BCUT2D eigenvalue weighted by atomic mass is 32.2. The van der Waals surface area contributed by atoms with Crippen molar-refractivity contribution in [2.45, 2.75) is 25.5 Å². The van der Waals surface area contributed by atoms with Gasteiger partial charge in [0.15, 0.2) is 5.96 Å². The summed E-state index contributed by atoms with van der Waals surface area (Å²) in [6, 6.07) is 4.51. The van der Waals surface area contributed by atoms with Gasteiger partial charge in [0.2, 0.25) is 0 Å². The monoisotopic (exact) mass is 299 g/mol. The van der Waals surface area contributed by atoms with E-state index >= 15 is 0 Å². The molecule has 0 unspecified atom stereocenters. The second-order valence-corrected chi connectivity index (χ2v) is 6.09. The number of benzene rings is 1. The number of carbonyl (C=O) groups is 1. The first-order valence-corrected chi connectivity index (χ1v) is 7.43. The Kier molecular flexibility index (Phi) is 4.85. The molecule has 0 aliphatic heterocycles. The first-order chi connectivity index (χ1) is 9.10.